The number of fused-ring (bicyclic) bond motifs is 1. The Kier molecular flexibility index (Phi) is 3.66. The number of aryl methyl sites for hydroxylation is 1. The minimum absolute atomic E-state index is 0.0224. The number of hydrogen-bond acceptors (Lipinski definition) is 5. The third kappa shape index (κ3) is 2.64. The first-order valence-corrected chi connectivity index (χ1v) is 7.49. The molecule has 7 heteroatoms. The molecule has 0 saturated heterocycles. The van der Waals surface area contributed by atoms with Crippen molar-refractivity contribution >= 4 is 29.0 Å². The normalized spacial score (nSPS) is 13.5. The summed E-state index contributed by atoms with van der Waals surface area (Å²) in [5, 5.41) is 13.4. The maximum atomic E-state index is 12.4. The van der Waals surface area contributed by atoms with Crippen LogP contribution in [0.2, 0.25) is 0 Å². The zero-order valence-electron chi connectivity index (χ0n) is 11.1. The molecule has 1 amide bonds. The van der Waals surface area contributed by atoms with Crippen LogP contribution in [-0.2, 0) is 12.8 Å². The molecule has 1 aliphatic carbocycles. The summed E-state index contributed by atoms with van der Waals surface area (Å²) in [6, 6.07) is 0. The Hall–Kier alpha value is -2.28. The maximum Gasteiger partial charge on any atom is 0.358 e. The van der Waals surface area contributed by atoms with E-state index in [-0.39, 0.29) is 17.4 Å². The average molecular weight is 303 g/mol. The first-order chi connectivity index (χ1) is 10.2. The molecule has 0 bridgehead atoms. The molecule has 2 aromatic rings. The van der Waals surface area contributed by atoms with Crippen molar-refractivity contribution in [1.82, 2.24) is 9.97 Å². The molecular weight excluding hydrogens is 290 g/mol. The fraction of sp³-hybridized carbons (Fsp3) is 0.286. The van der Waals surface area contributed by atoms with Crippen molar-refractivity contribution < 1.29 is 14.7 Å². The Labute approximate surface area is 124 Å². The van der Waals surface area contributed by atoms with E-state index < -0.39 is 5.97 Å². The van der Waals surface area contributed by atoms with Crippen molar-refractivity contribution in [2.45, 2.75) is 25.7 Å². The van der Waals surface area contributed by atoms with Crippen molar-refractivity contribution in [3.05, 3.63) is 39.5 Å². The predicted octanol–water partition coefficient (Wildman–Crippen LogP) is 2.37. The highest BCUT2D eigenvalue weighted by Crippen LogP contribution is 2.30. The van der Waals surface area contributed by atoms with Gasteiger partial charge in [0.1, 0.15) is 0 Å². The van der Waals surface area contributed by atoms with E-state index in [0.717, 1.165) is 31.2 Å². The highest BCUT2D eigenvalue weighted by atomic mass is 32.1. The Morgan fingerprint density at radius 3 is 2.76 bits per heavy atom. The Morgan fingerprint density at radius 1 is 1.19 bits per heavy atom. The van der Waals surface area contributed by atoms with Gasteiger partial charge in [-0.2, -0.15) is 0 Å². The standard InChI is InChI=1S/C14H13N3O3S/c18-13(9-7-21-10-4-2-1-3-8(9)10)17-12-11(14(19)20)15-5-6-16-12/h5-7H,1-4H2,(H,19,20)(H,16,17,18). The quantitative estimate of drug-likeness (QED) is 0.908. The lowest BCUT2D eigenvalue weighted by molar-refractivity contribution is 0.0691. The molecule has 6 nitrogen and oxygen atoms in total. The molecule has 0 unspecified atom stereocenters. The third-order valence-electron chi connectivity index (χ3n) is 3.44. The van der Waals surface area contributed by atoms with E-state index >= 15 is 0 Å². The van der Waals surface area contributed by atoms with Crippen LogP contribution >= 0.6 is 11.3 Å². The van der Waals surface area contributed by atoms with Crippen LogP contribution in [0.3, 0.4) is 0 Å². The van der Waals surface area contributed by atoms with Crippen LogP contribution < -0.4 is 5.32 Å². The SMILES string of the molecule is O=C(Nc1nccnc1C(=O)O)c1csc2c1CCCC2. The molecule has 0 fully saturated rings. The van der Waals surface area contributed by atoms with Gasteiger partial charge in [0.25, 0.3) is 5.91 Å². The molecule has 0 spiro atoms. The van der Waals surface area contributed by atoms with E-state index in [1.54, 1.807) is 11.3 Å². The van der Waals surface area contributed by atoms with Gasteiger partial charge in [-0.05, 0) is 31.2 Å². The van der Waals surface area contributed by atoms with E-state index in [0.29, 0.717) is 5.56 Å². The Morgan fingerprint density at radius 2 is 1.95 bits per heavy atom. The van der Waals surface area contributed by atoms with Gasteiger partial charge in [-0.3, -0.25) is 4.79 Å². The van der Waals surface area contributed by atoms with Crippen molar-refractivity contribution in [3.63, 3.8) is 0 Å². The summed E-state index contributed by atoms with van der Waals surface area (Å²) in [4.78, 5) is 32.3. The van der Waals surface area contributed by atoms with E-state index in [1.807, 2.05) is 5.38 Å². The summed E-state index contributed by atoms with van der Waals surface area (Å²) in [5.41, 5.74) is 1.45. The Bertz CT molecular complexity index is 711. The van der Waals surface area contributed by atoms with Crippen molar-refractivity contribution in [2.24, 2.45) is 0 Å². The van der Waals surface area contributed by atoms with Crippen LogP contribution in [0.25, 0.3) is 0 Å². The maximum absolute atomic E-state index is 12.4. The first-order valence-electron chi connectivity index (χ1n) is 6.61. The summed E-state index contributed by atoms with van der Waals surface area (Å²) < 4.78 is 0. The lowest BCUT2D eigenvalue weighted by atomic mass is 9.95. The molecule has 2 aromatic heterocycles. The number of nitrogens with one attached hydrogen (secondary N) is 1. The number of nitrogens with zero attached hydrogens (tertiary/aromatic N) is 2. The second-order valence-corrected chi connectivity index (χ2v) is 5.74. The van der Waals surface area contributed by atoms with E-state index in [1.165, 1.54) is 17.3 Å². The minimum Gasteiger partial charge on any atom is -0.476 e. The summed E-state index contributed by atoms with van der Waals surface area (Å²) in [5.74, 6) is -1.56. The predicted molar refractivity (Wildman–Crippen MR) is 77.9 cm³/mol. The zero-order chi connectivity index (χ0) is 14.8. The molecule has 0 aliphatic heterocycles. The third-order valence-corrected chi connectivity index (χ3v) is 4.53. The summed E-state index contributed by atoms with van der Waals surface area (Å²) in [6.45, 7) is 0. The van der Waals surface area contributed by atoms with Crippen molar-refractivity contribution in [1.29, 1.82) is 0 Å². The summed E-state index contributed by atoms with van der Waals surface area (Å²) in [7, 11) is 0. The molecular formula is C14H13N3O3S. The van der Waals surface area contributed by atoms with E-state index in [4.69, 9.17) is 5.11 Å². The van der Waals surface area contributed by atoms with Crippen LogP contribution in [0.15, 0.2) is 17.8 Å². The van der Waals surface area contributed by atoms with Crippen LogP contribution in [0, 0.1) is 0 Å². The first kappa shape index (κ1) is 13.7. The lowest BCUT2D eigenvalue weighted by Gasteiger charge is -2.12. The van der Waals surface area contributed by atoms with Crippen LogP contribution in [0.5, 0.6) is 0 Å². The summed E-state index contributed by atoms with van der Waals surface area (Å²) >= 11 is 1.59. The molecule has 0 saturated carbocycles. The number of carbonyl (C=O) groups is 2. The number of anilines is 1. The van der Waals surface area contributed by atoms with Gasteiger partial charge in [0.2, 0.25) is 0 Å². The number of carboxylic acids is 1. The highest BCUT2D eigenvalue weighted by Gasteiger charge is 2.22. The molecule has 108 valence electrons. The lowest BCUT2D eigenvalue weighted by Crippen LogP contribution is -2.18. The average Bonchev–Trinajstić information content (AvgIpc) is 2.91. The molecule has 2 heterocycles. The number of thiophene rings is 1. The number of rotatable bonds is 3. The van der Waals surface area contributed by atoms with Gasteiger partial charge in [0, 0.05) is 22.7 Å². The molecule has 3 rings (SSSR count). The number of carboxylic acid groups (broad SMARTS) is 1. The fourth-order valence-corrected chi connectivity index (χ4v) is 3.57. The van der Waals surface area contributed by atoms with E-state index in [9.17, 15) is 9.59 Å². The number of aromatic carboxylic acids is 1. The van der Waals surface area contributed by atoms with Crippen molar-refractivity contribution in [2.75, 3.05) is 5.32 Å². The molecule has 1 aliphatic rings. The van der Waals surface area contributed by atoms with Gasteiger partial charge in [-0.15, -0.1) is 11.3 Å². The number of hydrogen-bond donors (Lipinski definition) is 2. The van der Waals surface area contributed by atoms with Gasteiger partial charge >= 0.3 is 5.97 Å². The molecule has 0 atom stereocenters. The minimum atomic E-state index is -1.22. The van der Waals surface area contributed by atoms with E-state index in [2.05, 4.69) is 15.3 Å². The zero-order valence-corrected chi connectivity index (χ0v) is 11.9. The van der Waals surface area contributed by atoms with Crippen LogP contribution in [0.1, 0.15) is 44.1 Å². The van der Waals surface area contributed by atoms with Gasteiger partial charge in [0.05, 0.1) is 5.56 Å². The molecule has 2 N–H and O–H groups in total. The summed E-state index contributed by atoms with van der Waals surface area (Å²) in [6.07, 6.45) is 6.78. The highest BCUT2D eigenvalue weighted by molar-refractivity contribution is 7.10. The number of amides is 1. The van der Waals surface area contributed by atoms with Gasteiger partial charge in [-0.1, -0.05) is 0 Å². The Balaban J connectivity index is 1.87. The number of aromatic nitrogens is 2. The smallest absolute Gasteiger partial charge is 0.358 e. The number of carbonyl (C=O) groups excluding carboxylic acids is 1. The topological polar surface area (TPSA) is 92.2 Å². The fourth-order valence-electron chi connectivity index (χ4n) is 2.45. The van der Waals surface area contributed by atoms with Gasteiger partial charge in [0.15, 0.2) is 11.5 Å². The second kappa shape index (κ2) is 5.61. The largest absolute Gasteiger partial charge is 0.476 e. The monoisotopic (exact) mass is 303 g/mol. The second-order valence-electron chi connectivity index (χ2n) is 4.77. The molecule has 0 radical (unpaired) electrons. The molecule has 0 aromatic carbocycles. The van der Waals surface area contributed by atoms with Crippen molar-refractivity contribution in [3.8, 4) is 0 Å². The van der Waals surface area contributed by atoms with Crippen LogP contribution in [-0.4, -0.2) is 27.0 Å². The van der Waals surface area contributed by atoms with Gasteiger partial charge < -0.3 is 10.4 Å². The van der Waals surface area contributed by atoms with Crippen LogP contribution in [0.4, 0.5) is 5.82 Å². The van der Waals surface area contributed by atoms with Gasteiger partial charge in [-0.25, -0.2) is 14.8 Å². The molecule has 21 heavy (non-hydrogen) atoms.